The molecule has 0 aliphatic rings. The predicted molar refractivity (Wildman–Crippen MR) is 101 cm³/mol. The Bertz CT molecular complexity index is 991. The van der Waals surface area contributed by atoms with Crippen molar-refractivity contribution < 1.29 is 22.7 Å². The Labute approximate surface area is 158 Å². The molecule has 0 spiro atoms. The van der Waals surface area contributed by atoms with Crippen LogP contribution in [-0.2, 0) is 10.0 Å². The second-order valence-corrected chi connectivity index (χ2v) is 7.00. The van der Waals surface area contributed by atoms with Crippen LogP contribution in [0.4, 0.5) is 0 Å². The van der Waals surface area contributed by atoms with Gasteiger partial charge < -0.3 is 14.8 Å². The molecule has 8 heteroatoms. The van der Waals surface area contributed by atoms with Crippen molar-refractivity contribution in [2.24, 2.45) is 0 Å². The van der Waals surface area contributed by atoms with Crippen LogP contribution in [-0.4, -0.2) is 42.1 Å². The Morgan fingerprint density at radius 2 is 1.85 bits per heavy atom. The Hall–Kier alpha value is -3.02. The van der Waals surface area contributed by atoms with Crippen molar-refractivity contribution in [1.29, 1.82) is 0 Å². The summed E-state index contributed by atoms with van der Waals surface area (Å²) in [7, 11) is 0.503. The lowest BCUT2D eigenvalue weighted by atomic mass is 10.1. The molecule has 0 radical (unpaired) electrons. The van der Waals surface area contributed by atoms with Gasteiger partial charge in [-0.1, -0.05) is 24.0 Å². The maximum absolute atomic E-state index is 12.5. The summed E-state index contributed by atoms with van der Waals surface area (Å²) in [6, 6.07) is 11.3. The van der Waals surface area contributed by atoms with Crippen molar-refractivity contribution in [1.82, 2.24) is 10.0 Å². The van der Waals surface area contributed by atoms with E-state index in [0.29, 0.717) is 16.9 Å². The van der Waals surface area contributed by atoms with Gasteiger partial charge in [-0.25, -0.2) is 8.42 Å². The molecular formula is C19H20N2O5S. The number of carbonyl (C=O) groups excluding carboxylic acids is 1. The molecule has 0 saturated heterocycles. The molecule has 0 aliphatic carbocycles. The fraction of sp³-hybridized carbons (Fsp3) is 0.211. The third-order valence-corrected chi connectivity index (χ3v) is 5.06. The Kier molecular flexibility index (Phi) is 6.82. The zero-order valence-electron chi connectivity index (χ0n) is 15.2. The topological polar surface area (TPSA) is 93.7 Å². The number of nitrogens with one attached hydrogen (secondary N) is 2. The van der Waals surface area contributed by atoms with E-state index in [1.54, 1.807) is 30.3 Å². The summed E-state index contributed by atoms with van der Waals surface area (Å²) in [5.41, 5.74) is 0.930. The van der Waals surface area contributed by atoms with Crippen LogP contribution < -0.4 is 19.5 Å². The first-order chi connectivity index (χ1) is 12.9. The smallest absolute Gasteiger partial charge is 0.252 e. The van der Waals surface area contributed by atoms with E-state index < -0.39 is 10.0 Å². The minimum atomic E-state index is -3.86. The number of amides is 1. The zero-order chi connectivity index (χ0) is 19.9. The first-order valence-electron chi connectivity index (χ1n) is 7.94. The van der Waals surface area contributed by atoms with Crippen molar-refractivity contribution in [3.05, 3.63) is 53.6 Å². The van der Waals surface area contributed by atoms with Crippen LogP contribution in [0.5, 0.6) is 11.5 Å². The van der Waals surface area contributed by atoms with E-state index in [-0.39, 0.29) is 23.1 Å². The third-order valence-electron chi connectivity index (χ3n) is 3.63. The standard InChI is InChI=1S/C19H20N2O5S/c1-20-19(22)16-9-5-4-7-14(16)8-6-12-21-27(23,24)18-13-15(25-2)10-11-17(18)26-3/h4-5,7,9-11,13,21H,12H2,1-3H3,(H,20,22). The molecule has 0 bridgehead atoms. The number of ether oxygens (including phenoxy) is 2. The van der Waals surface area contributed by atoms with Gasteiger partial charge in [0.15, 0.2) is 0 Å². The van der Waals surface area contributed by atoms with Gasteiger partial charge in [0.25, 0.3) is 5.91 Å². The van der Waals surface area contributed by atoms with Crippen LogP contribution in [0.2, 0.25) is 0 Å². The Morgan fingerprint density at radius 1 is 1.11 bits per heavy atom. The molecule has 0 aromatic heterocycles. The lowest BCUT2D eigenvalue weighted by Crippen LogP contribution is -2.24. The lowest BCUT2D eigenvalue weighted by Gasteiger charge is -2.11. The van der Waals surface area contributed by atoms with Gasteiger partial charge in [0, 0.05) is 18.7 Å². The molecule has 0 aliphatic heterocycles. The van der Waals surface area contributed by atoms with Gasteiger partial charge in [-0.05, 0) is 24.3 Å². The summed E-state index contributed by atoms with van der Waals surface area (Å²) >= 11 is 0. The van der Waals surface area contributed by atoms with Gasteiger partial charge in [-0.15, -0.1) is 0 Å². The Morgan fingerprint density at radius 3 is 2.52 bits per heavy atom. The minimum Gasteiger partial charge on any atom is -0.497 e. The third kappa shape index (κ3) is 5.00. The summed E-state index contributed by atoms with van der Waals surface area (Å²) in [5.74, 6) is 5.85. The average Bonchev–Trinajstić information content (AvgIpc) is 2.70. The van der Waals surface area contributed by atoms with E-state index in [1.165, 1.54) is 33.4 Å². The van der Waals surface area contributed by atoms with E-state index in [1.807, 2.05) is 0 Å². The first kappa shape index (κ1) is 20.3. The summed E-state index contributed by atoms with van der Waals surface area (Å²) in [6.45, 7) is -0.134. The predicted octanol–water partition coefficient (Wildman–Crippen LogP) is 1.39. The molecule has 0 saturated carbocycles. The summed E-state index contributed by atoms with van der Waals surface area (Å²) in [5, 5.41) is 2.54. The lowest BCUT2D eigenvalue weighted by molar-refractivity contribution is 0.0963. The second kappa shape index (κ2) is 9.07. The van der Waals surface area contributed by atoms with Crippen LogP contribution in [0.1, 0.15) is 15.9 Å². The monoisotopic (exact) mass is 388 g/mol. The van der Waals surface area contributed by atoms with E-state index in [0.717, 1.165) is 0 Å². The minimum absolute atomic E-state index is 0.0445. The number of sulfonamides is 1. The molecular weight excluding hydrogens is 368 g/mol. The molecule has 2 N–H and O–H groups in total. The molecule has 2 aromatic rings. The molecule has 7 nitrogen and oxygen atoms in total. The van der Waals surface area contributed by atoms with Gasteiger partial charge in [0.05, 0.1) is 26.3 Å². The highest BCUT2D eigenvalue weighted by Gasteiger charge is 2.19. The highest BCUT2D eigenvalue weighted by Crippen LogP contribution is 2.27. The molecule has 1 amide bonds. The highest BCUT2D eigenvalue weighted by atomic mass is 32.2. The van der Waals surface area contributed by atoms with Crippen molar-refractivity contribution >= 4 is 15.9 Å². The summed E-state index contributed by atoms with van der Waals surface area (Å²) in [4.78, 5) is 11.8. The van der Waals surface area contributed by atoms with Gasteiger partial charge in [-0.2, -0.15) is 4.72 Å². The summed E-state index contributed by atoms with van der Waals surface area (Å²) < 4.78 is 37.6. The maximum atomic E-state index is 12.5. The number of hydrogen-bond acceptors (Lipinski definition) is 5. The molecule has 27 heavy (non-hydrogen) atoms. The summed E-state index contributed by atoms with van der Waals surface area (Å²) in [6.07, 6.45) is 0. The number of hydrogen-bond donors (Lipinski definition) is 2. The maximum Gasteiger partial charge on any atom is 0.252 e. The van der Waals surface area contributed by atoms with Gasteiger partial charge >= 0.3 is 0 Å². The number of rotatable bonds is 6. The largest absolute Gasteiger partial charge is 0.497 e. The normalized spacial score (nSPS) is 10.5. The van der Waals surface area contributed by atoms with E-state index in [2.05, 4.69) is 21.9 Å². The molecule has 0 unspecified atom stereocenters. The van der Waals surface area contributed by atoms with Crippen molar-refractivity contribution in [2.45, 2.75) is 4.90 Å². The number of benzene rings is 2. The van der Waals surface area contributed by atoms with Crippen molar-refractivity contribution in [2.75, 3.05) is 27.8 Å². The van der Waals surface area contributed by atoms with Crippen LogP contribution in [0.3, 0.4) is 0 Å². The fourth-order valence-electron chi connectivity index (χ4n) is 2.27. The van der Waals surface area contributed by atoms with Crippen LogP contribution in [0.25, 0.3) is 0 Å². The molecule has 2 aromatic carbocycles. The van der Waals surface area contributed by atoms with E-state index >= 15 is 0 Å². The SMILES string of the molecule is CNC(=O)c1ccccc1C#CCNS(=O)(=O)c1cc(OC)ccc1OC. The highest BCUT2D eigenvalue weighted by molar-refractivity contribution is 7.89. The second-order valence-electron chi connectivity index (χ2n) is 5.27. The van der Waals surface area contributed by atoms with Gasteiger partial charge in [0.1, 0.15) is 16.4 Å². The number of carbonyl (C=O) groups is 1. The molecule has 0 fully saturated rings. The van der Waals surface area contributed by atoms with Crippen LogP contribution in [0, 0.1) is 11.8 Å². The van der Waals surface area contributed by atoms with Crippen LogP contribution >= 0.6 is 0 Å². The molecule has 0 heterocycles. The fourth-order valence-corrected chi connectivity index (χ4v) is 3.37. The quantitative estimate of drug-likeness (QED) is 0.730. The zero-order valence-corrected chi connectivity index (χ0v) is 16.0. The van der Waals surface area contributed by atoms with Crippen LogP contribution in [0.15, 0.2) is 47.4 Å². The first-order valence-corrected chi connectivity index (χ1v) is 9.43. The Balaban J connectivity index is 2.19. The van der Waals surface area contributed by atoms with Crippen molar-refractivity contribution in [3.63, 3.8) is 0 Å². The van der Waals surface area contributed by atoms with Gasteiger partial charge in [0.2, 0.25) is 10.0 Å². The van der Waals surface area contributed by atoms with E-state index in [4.69, 9.17) is 9.47 Å². The van der Waals surface area contributed by atoms with Crippen molar-refractivity contribution in [3.8, 4) is 23.3 Å². The molecule has 2 rings (SSSR count). The molecule has 142 valence electrons. The number of methoxy groups -OCH3 is 2. The van der Waals surface area contributed by atoms with Gasteiger partial charge in [-0.3, -0.25) is 4.79 Å². The average molecular weight is 388 g/mol. The molecule has 0 atom stereocenters. The van der Waals surface area contributed by atoms with E-state index in [9.17, 15) is 13.2 Å².